The first kappa shape index (κ1) is 22.4. The maximum absolute atomic E-state index is 6.02. The highest BCUT2D eigenvalue weighted by Gasteiger charge is 2.04. The minimum absolute atomic E-state index is 0.413. The van der Waals surface area contributed by atoms with Gasteiger partial charge in [0.25, 0.3) is 0 Å². The fourth-order valence-electron chi connectivity index (χ4n) is 3.38. The summed E-state index contributed by atoms with van der Waals surface area (Å²) in [7, 11) is 0. The molecule has 1 heterocycles. The number of aromatic nitrogens is 1. The lowest BCUT2D eigenvalue weighted by Crippen LogP contribution is -2.16. The summed E-state index contributed by atoms with van der Waals surface area (Å²) < 4.78 is 5.97. The summed E-state index contributed by atoms with van der Waals surface area (Å²) in [6, 6.07) is 27.9. The van der Waals surface area contributed by atoms with Gasteiger partial charge >= 0.3 is 0 Å². The molecule has 0 amide bonds. The molecule has 1 aromatic heterocycles. The first-order valence-electron chi connectivity index (χ1n) is 10.6. The number of pyridine rings is 1. The average Bonchev–Trinajstić information content (AvgIpc) is 2.86. The highest BCUT2D eigenvalue weighted by atomic mass is 35.5. The van der Waals surface area contributed by atoms with Crippen LogP contribution < -0.4 is 21.3 Å². The summed E-state index contributed by atoms with van der Waals surface area (Å²) in [6.07, 6.45) is 5.53. The van der Waals surface area contributed by atoms with E-state index in [-0.39, 0.29) is 0 Å². The zero-order valence-corrected chi connectivity index (χ0v) is 18.8. The zero-order valence-electron chi connectivity index (χ0n) is 18.0. The van der Waals surface area contributed by atoms with E-state index in [2.05, 4.69) is 46.1 Å². The number of para-hydroxylation sites is 1. The lowest BCUT2D eigenvalue weighted by atomic mass is 10.0. The third-order valence-electron chi connectivity index (χ3n) is 5.07. The van der Waals surface area contributed by atoms with Crippen LogP contribution in [0.4, 0.5) is 0 Å². The first-order chi connectivity index (χ1) is 16.2. The van der Waals surface area contributed by atoms with Crippen molar-refractivity contribution in [1.29, 1.82) is 0 Å². The molecule has 0 saturated carbocycles. The molecule has 4 aromatic rings. The highest BCUT2D eigenvalue weighted by molar-refractivity contribution is 6.30. The molecular weight excluding hydrogens is 432 g/mol. The van der Waals surface area contributed by atoms with Crippen molar-refractivity contribution in [3.05, 3.63) is 119 Å². The molecule has 0 aliphatic rings. The van der Waals surface area contributed by atoms with Crippen molar-refractivity contribution in [2.24, 2.45) is 5.84 Å². The number of nitrogens with zero attached hydrogens (tertiary/aromatic N) is 1. The standard InChI is InChI=1S/C27H25ClN4O/c28-24-10-5-20(6-11-24)17-23(18-30-15-16-31-29)21-8-13-26(14-9-21)33-19-25-12-7-22-3-1-2-4-27(22)32-25/h1-17,30-31H,18-19,29H2/b16-15-,23-17-. The number of fused-ring (bicyclic) bond motifs is 1. The van der Waals surface area contributed by atoms with Gasteiger partial charge in [-0.25, -0.2) is 4.98 Å². The van der Waals surface area contributed by atoms with Gasteiger partial charge in [-0.2, -0.15) is 0 Å². The van der Waals surface area contributed by atoms with Crippen molar-refractivity contribution in [3.8, 4) is 5.75 Å². The third kappa shape index (κ3) is 6.35. The van der Waals surface area contributed by atoms with Gasteiger partial charge in [0.1, 0.15) is 12.4 Å². The fourth-order valence-corrected chi connectivity index (χ4v) is 3.51. The molecule has 166 valence electrons. The largest absolute Gasteiger partial charge is 0.487 e. The van der Waals surface area contributed by atoms with Crippen LogP contribution in [-0.2, 0) is 6.61 Å². The summed E-state index contributed by atoms with van der Waals surface area (Å²) in [5, 5.41) is 5.07. The van der Waals surface area contributed by atoms with E-state index < -0.39 is 0 Å². The lowest BCUT2D eigenvalue weighted by molar-refractivity contribution is 0.302. The van der Waals surface area contributed by atoms with Crippen molar-refractivity contribution >= 4 is 34.2 Å². The Hall–Kier alpha value is -3.80. The molecule has 0 spiro atoms. The Kier molecular flexibility index (Phi) is 7.59. The zero-order chi connectivity index (χ0) is 22.9. The number of benzene rings is 3. The minimum Gasteiger partial charge on any atom is -0.487 e. The maximum atomic E-state index is 6.02. The monoisotopic (exact) mass is 456 g/mol. The molecule has 33 heavy (non-hydrogen) atoms. The summed E-state index contributed by atoms with van der Waals surface area (Å²) in [6.45, 7) is 1.04. The van der Waals surface area contributed by atoms with E-state index in [1.807, 2.05) is 60.7 Å². The number of ether oxygens (including phenoxy) is 1. The molecule has 0 bridgehead atoms. The number of hydrogen-bond donors (Lipinski definition) is 3. The van der Waals surface area contributed by atoms with E-state index in [9.17, 15) is 0 Å². The molecule has 4 N–H and O–H groups in total. The van der Waals surface area contributed by atoms with Gasteiger partial charge in [-0.15, -0.1) is 0 Å². The average molecular weight is 457 g/mol. The molecule has 4 rings (SSSR count). The molecule has 3 aromatic carbocycles. The van der Waals surface area contributed by atoms with Crippen molar-refractivity contribution in [2.45, 2.75) is 6.61 Å². The number of nitrogens with one attached hydrogen (secondary N) is 2. The Bertz CT molecular complexity index is 1250. The third-order valence-corrected chi connectivity index (χ3v) is 5.32. The van der Waals surface area contributed by atoms with E-state index >= 15 is 0 Å². The predicted molar refractivity (Wildman–Crippen MR) is 136 cm³/mol. The predicted octanol–water partition coefficient (Wildman–Crippen LogP) is 5.53. The minimum atomic E-state index is 0.413. The second-order valence-electron chi connectivity index (χ2n) is 7.41. The van der Waals surface area contributed by atoms with Crippen LogP contribution in [0.1, 0.15) is 16.8 Å². The van der Waals surface area contributed by atoms with Gasteiger partial charge in [-0.05, 0) is 59.2 Å². The lowest BCUT2D eigenvalue weighted by Gasteiger charge is -2.11. The van der Waals surface area contributed by atoms with Gasteiger partial charge in [0, 0.05) is 29.4 Å². The van der Waals surface area contributed by atoms with Crippen LogP contribution in [0, 0.1) is 0 Å². The summed E-state index contributed by atoms with van der Waals surface area (Å²) in [4.78, 5) is 4.67. The van der Waals surface area contributed by atoms with E-state index in [0.29, 0.717) is 18.2 Å². The first-order valence-corrected chi connectivity index (χ1v) is 11.0. The van der Waals surface area contributed by atoms with Crippen LogP contribution in [0.3, 0.4) is 0 Å². The Balaban J connectivity index is 1.47. The summed E-state index contributed by atoms with van der Waals surface area (Å²) in [5.74, 6) is 6.08. The van der Waals surface area contributed by atoms with Crippen molar-refractivity contribution in [2.75, 3.05) is 6.54 Å². The molecule has 0 atom stereocenters. The van der Waals surface area contributed by atoms with Crippen LogP contribution in [0.2, 0.25) is 5.02 Å². The normalized spacial score (nSPS) is 11.6. The van der Waals surface area contributed by atoms with E-state index in [0.717, 1.165) is 39.0 Å². The van der Waals surface area contributed by atoms with Crippen molar-refractivity contribution in [1.82, 2.24) is 15.7 Å². The summed E-state index contributed by atoms with van der Waals surface area (Å²) >= 11 is 6.02. The summed E-state index contributed by atoms with van der Waals surface area (Å²) in [5.41, 5.74) is 7.61. The van der Waals surface area contributed by atoms with Crippen LogP contribution in [0.5, 0.6) is 5.75 Å². The van der Waals surface area contributed by atoms with Gasteiger partial charge in [0.2, 0.25) is 0 Å². The quantitative estimate of drug-likeness (QED) is 0.175. The second-order valence-corrected chi connectivity index (χ2v) is 7.85. The Morgan fingerprint density at radius 2 is 1.70 bits per heavy atom. The molecule has 0 unspecified atom stereocenters. The van der Waals surface area contributed by atoms with Gasteiger partial charge in [-0.1, -0.05) is 60.1 Å². The number of halogens is 1. The number of rotatable bonds is 9. The van der Waals surface area contributed by atoms with Gasteiger partial charge in [0.05, 0.1) is 11.2 Å². The molecule has 0 aliphatic carbocycles. The van der Waals surface area contributed by atoms with Gasteiger partial charge in [0.15, 0.2) is 0 Å². The van der Waals surface area contributed by atoms with E-state index in [4.69, 9.17) is 22.2 Å². The molecular formula is C27H25ClN4O. The van der Waals surface area contributed by atoms with Gasteiger partial charge < -0.3 is 15.5 Å². The van der Waals surface area contributed by atoms with Crippen LogP contribution in [0.25, 0.3) is 22.6 Å². The Labute approximate surface area is 198 Å². The maximum Gasteiger partial charge on any atom is 0.130 e. The van der Waals surface area contributed by atoms with E-state index in [1.54, 1.807) is 12.4 Å². The second kappa shape index (κ2) is 11.2. The smallest absolute Gasteiger partial charge is 0.130 e. The number of nitrogens with two attached hydrogens (primary N) is 1. The number of hydrogen-bond acceptors (Lipinski definition) is 5. The molecule has 0 radical (unpaired) electrons. The fraction of sp³-hybridized carbons (Fsp3) is 0.0741. The molecule has 6 heteroatoms. The van der Waals surface area contributed by atoms with Crippen molar-refractivity contribution < 1.29 is 4.74 Å². The molecule has 0 aliphatic heterocycles. The number of hydrazine groups is 1. The van der Waals surface area contributed by atoms with Crippen LogP contribution >= 0.6 is 11.6 Å². The SMILES string of the molecule is NN/C=C\NC/C(=C/c1ccc(Cl)cc1)c1ccc(OCc2ccc3ccccc3n2)cc1. The van der Waals surface area contributed by atoms with Crippen LogP contribution in [-0.4, -0.2) is 11.5 Å². The van der Waals surface area contributed by atoms with E-state index in [1.165, 1.54) is 0 Å². The molecule has 0 fully saturated rings. The topological polar surface area (TPSA) is 72.2 Å². The Morgan fingerprint density at radius 3 is 2.48 bits per heavy atom. The van der Waals surface area contributed by atoms with Gasteiger partial charge in [-0.3, -0.25) is 5.84 Å². The van der Waals surface area contributed by atoms with Crippen molar-refractivity contribution in [3.63, 3.8) is 0 Å². The Morgan fingerprint density at radius 1 is 0.909 bits per heavy atom. The molecule has 5 nitrogen and oxygen atoms in total. The van der Waals surface area contributed by atoms with Crippen LogP contribution in [0.15, 0.2) is 97.3 Å². The molecule has 0 saturated heterocycles. The highest BCUT2D eigenvalue weighted by Crippen LogP contribution is 2.23.